The third-order valence-corrected chi connectivity index (χ3v) is 18.1. The predicted octanol–water partition coefficient (Wildman–Crippen LogP) is 9.26. The summed E-state index contributed by atoms with van der Waals surface area (Å²) in [5, 5.41) is 19.1. The van der Waals surface area contributed by atoms with Crippen molar-refractivity contribution in [2.75, 3.05) is 32.2 Å². The van der Waals surface area contributed by atoms with Crippen molar-refractivity contribution in [3.05, 3.63) is 125 Å². The molecule has 0 spiro atoms. The van der Waals surface area contributed by atoms with Gasteiger partial charge < -0.3 is 40.7 Å². The number of fused-ring (bicyclic) bond motifs is 2. The molecule has 0 radical (unpaired) electrons. The van der Waals surface area contributed by atoms with Crippen LogP contribution in [0.25, 0.3) is 0 Å². The number of amidine groups is 1. The van der Waals surface area contributed by atoms with Crippen LogP contribution in [0.4, 0.5) is 32.0 Å². The van der Waals surface area contributed by atoms with Crippen molar-refractivity contribution in [1.82, 2.24) is 20.4 Å². The normalized spacial score (nSPS) is 32.3. The number of rotatable bonds is 14. The van der Waals surface area contributed by atoms with Gasteiger partial charge in [-0.25, -0.2) is 0 Å². The van der Waals surface area contributed by atoms with E-state index in [2.05, 4.69) is 78.8 Å². The zero-order valence-electron chi connectivity index (χ0n) is 43.8. The molecule has 8 unspecified atom stereocenters. The number of anilines is 1. The molecular weight excluding hydrogens is 973 g/mol. The molecule has 2 aromatic rings. The first-order valence-corrected chi connectivity index (χ1v) is 26.9. The quantitative estimate of drug-likeness (QED) is 0.108. The molecule has 1 saturated carbocycles. The molecule has 4 aliphatic carbocycles. The molecule has 0 aromatic heterocycles. The van der Waals surface area contributed by atoms with Crippen LogP contribution >= 0.6 is 0 Å². The lowest BCUT2D eigenvalue weighted by molar-refractivity contribution is -0.336. The fraction of sp³-hybridized carbons (Fsp3) is 0.586. The van der Waals surface area contributed by atoms with Gasteiger partial charge in [-0.05, 0) is 117 Å². The highest BCUT2D eigenvalue weighted by molar-refractivity contribution is 6.03. The van der Waals surface area contributed by atoms with Crippen LogP contribution in [0.3, 0.4) is 0 Å². The molecule has 0 bridgehead atoms. The van der Waals surface area contributed by atoms with Crippen LogP contribution in [0, 0.1) is 11.8 Å². The molecule has 8 aliphatic rings. The highest BCUT2D eigenvalue weighted by Gasteiger charge is 2.73. The number of aliphatic hydroxyl groups is 1. The SMILES string of the molecule is CO[C@](C1C=CCCC1)(C(O)N1CCC[C@H]1C(C)NC1C=C([C@H]2CC[C@H](C3=CC=C4NC(C56CC5CCN6C(=O)[C@](OC)(c5ccccc5)C(F)(F)F)=NC4C3)N2c2ccc(C(C)(C)C)cc2)C=CC1N)C(F)(F)F. The number of nitrogens with zero attached hydrogens (tertiary/aromatic N) is 4. The van der Waals surface area contributed by atoms with Gasteiger partial charge in [-0.15, -0.1) is 0 Å². The van der Waals surface area contributed by atoms with Crippen molar-refractivity contribution >= 4 is 17.4 Å². The van der Waals surface area contributed by atoms with Crippen molar-refractivity contribution in [3.63, 3.8) is 0 Å². The summed E-state index contributed by atoms with van der Waals surface area (Å²) in [4.78, 5) is 25.2. The number of alkyl halides is 6. The smallest absolute Gasteiger partial charge is 0.375 e. The second kappa shape index (κ2) is 19.9. The van der Waals surface area contributed by atoms with Crippen LogP contribution in [-0.2, 0) is 25.3 Å². The van der Waals surface area contributed by atoms with E-state index in [1.165, 1.54) is 34.7 Å². The Bertz CT molecular complexity index is 2650. The maximum Gasteiger partial charge on any atom is 0.430 e. The summed E-state index contributed by atoms with van der Waals surface area (Å²) in [6, 6.07) is 13.9. The molecule has 1 amide bonds. The summed E-state index contributed by atoms with van der Waals surface area (Å²) in [7, 11) is 2.00. The molecule has 4 heterocycles. The zero-order chi connectivity index (χ0) is 53.5. The maximum absolute atomic E-state index is 15.2. The number of hydrogen-bond donors (Lipinski definition) is 4. The topological polar surface area (TPSA) is 128 Å². The van der Waals surface area contributed by atoms with E-state index in [9.17, 15) is 9.90 Å². The van der Waals surface area contributed by atoms with Gasteiger partial charge >= 0.3 is 12.4 Å². The minimum atomic E-state index is -5.03. The molecule has 4 fully saturated rings. The van der Waals surface area contributed by atoms with Gasteiger partial charge in [-0.1, -0.05) is 99.7 Å². The molecule has 3 saturated heterocycles. The molecule has 75 heavy (non-hydrogen) atoms. The van der Waals surface area contributed by atoms with E-state index in [0.29, 0.717) is 57.3 Å². The lowest BCUT2D eigenvalue weighted by Crippen LogP contribution is -2.68. The molecule has 17 heteroatoms. The molecule has 2 aromatic carbocycles. The van der Waals surface area contributed by atoms with Crippen LogP contribution in [-0.4, -0.2) is 126 Å². The highest BCUT2D eigenvalue weighted by Crippen LogP contribution is 2.59. The van der Waals surface area contributed by atoms with Crippen LogP contribution < -0.4 is 21.3 Å². The Morgan fingerprint density at radius 3 is 2.25 bits per heavy atom. The molecule has 11 nitrogen and oxygen atoms in total. The standard InChI is InChI=1S/C58H73F6N7O4/c1-35(47-18-13-30-69(47)51(72)55(74-5,57(59,60)61)39-14-9-7-10-15-39)66-45-32-36(19-25-43(45)65)48-27-28-49(71(48)42-23-21-38(22-24-42)53(2,3)4)37-20-26-44-46(33-37)68-50(67-44)54-34-41(54)29-31-70(54)52(73)56(75-6,58(62,63)64)40-16-11-8-12-17-40/h8-9,11-12,14,16-17,19-26,32,35,39,41,43,45-49,51,66,72H,7,10,13,15,18,27-31,33-34,65H2,1-6H3,(H,67,68)/t35?,39?,41?,43?,45?,46?,47-,48+,49+,51?,54?,55+,56+/m0/s1. The average molecular weight is 1050 g/mol. The monoisotopic (exact) mass is 1050 g/mol. The second-order valence-electron chi connectivity index (χ2n) is 23.2. The number of piperidine rings is 1. The summed E-state index contributed by atoms with van der Waals surface area (Å²) in [6.45, 7) is 8.95. The molecule has 4 aliphatic heterocycles. The van der Waals surface area contributed by atoms with Crippen LogP contribution in [0.1, 0.15) is 103 Å². The fourth-order valence-corrected chi connectivity index (χ4v) is 14.0. The van der Waals surface area contributed by atoms with Crippen LogP contribution in [0.5, 0.6) is 0 Å². The number of amides is 1. The Kier molecular flexibility index (Phi) is 14.2. The number of benzene rings is 2. The van der Waals surface area contributed by atoms with E-state index in [0.717, 1.165) is 49.6 Å². The van der Waals surface area contributed by atoms with Gasteiger partial charge in [0, 0.05) is 74.3 Å². The number of nitrogens with two attached hydrogens (primary N) is 1. The van der Waals surface area contributed by atoms with Gasteiger partial charge in [0.15, 0.2) is 0 Å². The summed E-state index contributed by atoms with van der Waals surface area (Å²) < 4.78 is 102. The number of nitrogens with one attached hydrogen (secondary N) is 2. The first-order chi connectivity index (χ1) is 35.6. The van der Waals surface area contributed by atoms with Crippen molar-refractivity contribution in [1.29, 1.82) is 0 Å². The van der Waals surface area contributed by atoms with E-state index in [1.54, 1.807) is 23.1 Å². The Hall–Kier alpha value is -4.78. The van der Waals surface area contributed by atoms with Gasteiger partial charge in [0.1, 0.15) is 17.6 Å². The molecule has 406 valence electrons. The first kappa shape index (κ1) is 53.6. The number of allylic oxidation sites excluding steroid dienone is 3. The predicted molar refractivity (Wildman–Crippen MR) is 278 cm³/mol. The lowest BCUT2D eigenvalue weighted by atomic mass is 9.78. The largest absolute Gasteiger partial charge is 0.430 e. The summed E-state index contributed by atoms with van der Waals surface area (Å²) >= 11 is 0. The molecule has 13 atom stereocenters. The average Bonchev–Trinajstić information content (AvgIpc) is 3.92. The first-order valence-electron chi connectivity index (χ1n) is 26.9. The summed E-state index contributed by atoms with van der Waals surface area (Å²) in [6.07, 6.45) is 7.96. The minimum absolute atomic E-state index is 0.0371. The Morgan fingerprint density at radius 2 is 1.61 bits per heavy atom. The van der Waals surface area contributed by atoms with Gasteiger partial charge in [-0.2, -0.15) is 26.3 Å². The Balaban J connectivity index is 0.900. The van der Waals surface area contributed by atoms with E-state index in [4.69, 9.17) is 20.2 Å². The lowest BCUT2D eigenvalue weighted by Gasteiger charge is -2.48. The van der Waals surface area contributed by atoms with Gasteiger partial charge in [0.05, 0.1) is 18.1 Å². The number of halogens is 6. The summed E-state index contributed by atoms with van der Waals surface area (Å²) in [5.74, 6) is -1.67. The van der Waals surface area contributed by atoms with E-state index in [1.807, 2.05) is 19.1 Å². The van der Waals surface area contributed by atoms with Crippen LogP contribution in [0.15, 0.2) is 119 Å². The molecule has 5 N–H and O–H groups in total. The zero-order valence-corrected chi connectivity index (χ0v) is 43.8. The Morgan fingerprint density at radius 1 is 0.880 bits per heavy atom. The third-order valence-electron chi connectivity index (χ3n) is 18.1. The Labute approximate surface area is 437 Å². The van der Waals surface area contributed by atoms with Gasteiger partial charge in [0.2, 0.25) is 5.60 Å². The number of aliphatic imine (C=N–C) groups is 1. The number of aliphatic hydroxyl groups excluding tert-OH is 1. The molecule has 10 rings (SSSR count). The summed E-state index contributed by atoms with van der Waals surface area (Å²) in [5.41, 5.74) is 4.83. The number of likely N-dealkylation sites (tertiary alicyclic amines) is 2. The maximum atomic E-state index is 15.2. The number of hydrogen-bond acceptors (Lipinski definition) is 10. The van der Waals surface area contributed by atoms with E-state index in [-0.39, 0.29) is 60.1 Å². The van der Waals surface area contributed by atoms with Crippen LogP contribution in [0.2, 0.25) is 0 Å². The van der Waals surface area contributed by atoms with Gasteiger partial charge in [0.25, 0.3) is 11.5 Å². The minimum Gasteiger partial charge on any atom is -0.375 e. The van der Waals surface area contributed by atoms with Gasteiger partial charge in [-0.3, -0.25) is 14.7 Å². The second-order valence-corrected chi connectivity index (χ2v) is 23.2. The van der Waals surface area contributed by atoms with Crippen molar-refractivity contribution in [3.8, 4) is 0 Å². The van der Waals surface area contributed by atoms with E-state index >= 15 is 26.3 Å². The number of ether oxygens (including phenoxy) is 2. The van der Waals surface area contributed by atoms with E-state index < -0.39 is 59.2 Å². The van der Waals surface area contributed by atoms with Crippen molar-refractivity contribution in [2.24, 2.45) is 22.6 Å². The fourth-order valence-electron chi connectivity index (χ4n) is 14.0. The van der Waals surface area contributed by atoms with Crippen molar-refractivity contribution < 1.29 is 45.7 Å². The number of methoxy groups -OCH3 is 2. The highest BCUT2D eigenvalue weighted by atomic mass is 19.4. The third kappa shape index (κ3) is 9.02. The number of carbonyl (C=O) groups is 1. The number of carbonyl (C=O) groups excluding carboxylic acids is 1. The molecular formula is C58H73F6N7O4. The van der Waals surface area contributed by atoms with Crippen molar-refractivity contribution in [2.45, 2.75) is 175 Å².